The Labute approximate surface area is 220 Å². The van der Waals surface area contributed by atoms with Gasteiger partial charge >= 0.3 is 12.3 Å². The minimum absolute atomic E-state index is 0.0490. The molecule has 1 aliphatic rings. The fraction of sp³-hybridized carbons (Fsp3) is 0.280. The molecule has 4 rings (SSSR count). The Hall–Kier alpha value is -4.06. The minimum Gasteiger partial charge on any atom is -0.490 e. The fourth-order valence-electron chi connectivity index (χ4n) is 3.83. The summed E-state index contributed by atoms with van der Waals surface area (Å²) < 4.78 is 47.0. The van der Waals surface area contributed by atoms with Crippen molar-refractivity contribution in [3.63, 3.8) is 0 Å². The van der Waals surface area contributed by atoms with E-state index in [1.807, 2.05) is 0 Å². The fourth-order valence-corrected chi connectivity index (χ4v) is 4.08. The van der Waals surface area contributed by atoms with Gasteiger partial charge in [-0.25, -0.2) is 14.8 Å². The number of aromatic nitrogens is 2. The van der Waals surface area contributed by atoms with Crippen molar-refractivity contribution in [1.29, 1.82) is 0 Å². The number of carboxylic acids is 1. The van der Waals surface area contributed by atoms with E-state index < -0.39 is 12.3 Å². The SMILES string of the molecule is O=C(O)c1cc(-c2cnc(NCc3cccc(OC(F)(F)F)c3)nc2)cc(OCCN2CCCC2=O)c1Cl. The van der Waals surface area contributed by atoms with Crippen LogP contribution in [0.3, 0.4) is 0 Å². The van der Waals surface area contributed by atoms with Crippen LogP contribution in [0.25, 0.3) is 11.1 Å². The molecule has 0 radical (unpaired) electrons. The van der Waals surface area contributed by atoms with Crippen LogP contribution in [0.4, 0.5) is 19.1 Å². The number of ether oxygens (including phenoxy) is 2. The minimum atomic E-state index is -4.79. The lowest BCUT2D eigenvalue weighted by molar-refractivity contribution is -0.274. The first-order chi connectivity index (χ1) is 18.1. The highest BCUT2D eigenvalue weighted by atomic mass is 35.5. The molecule has 9 nitrogen and oxygen atoms in total. The Balaban J connectivity index is 1.44. The van der Waals surface area contributed by atoms with E-state index in [0.29, 0.717) is 36.2 Å². The second-order valence-corrected chi connectivity index (χ2v) is 8.70. The highest BCUT2D eigenvalue weighted by Crippen LogP contribution is 2.34. The molecule has 13 heteroatoms. The second-order valence-electron chi connectivity index (χ2n) is 8.32. The van der Waals surface area contributed by atoms with Crippen LogP contribution in [0.1, 0.15) is 28.8 Å². The number of carbonyl (C=O) groups is 2. The number of benzene rings is 2. The summed E-state index contributed by atoms with van der Waals surface area (Å²) in [7, 11) is 0. The summed E-state index contributed by atoms with van der Waals surface area (Å²) in [5, 5.41) is 12.4. The van der Waals surface area contributed by atoms with Crippen molar-refractivity contribution >= 4 is 29.4 Å². The molecule has 0 spiro atoms. The molecule has 2 aromatic carbocycles. The van der Waals surface area contributed by atoms with Gasteiger partial charge < -0.3 is 24.8 Å². The van der Waals surface area contributed by atoms with Gasteiger partial charge in [-0.05, 0) is 41.8 Å². The van der Waals surface area contributed by atoms with Gasteiger partial charge in [0.05, 0.1) is 17.1 Å². The second kappa shape index (κ2) is 11.5. The normalized spacial score (nSPS) is 13.5. The molecule has 1 aliphatic heterocycles. The maximum Gasteiger partial charge on any atom is 0.573 e. The third-order valence-electron chi connectivity index (χ3n) is 5.63. The standard InChI is InChI=1S/C25H22ClF3N4O5/c26-22-19(23(35)36)10-16(11-20(22)37-8-7-33-6-2-5-21(33)34)17-13-31-24(32-14-17)30-12-15-3-1-4-18(9-15)38-25(27,28)29/h1,3-4,9-11,13-14H,2,5-8,12H2,(H,35,36)(H,30,31,32). The predicted molar refractivity (Wildman–Crippen MR) is 131 cm³/mol. The quantitative estimate of drug-likeness (QED) is 0.362. The van der Waals surface area contributed by atoms with E-state index in [0.717, 1.165) is 6.42 Å². The molecule has 1 aromatic heterocycles. The topological polar surface area (TPSA) is 114 Å². The van der Waals surface area contributed by atoms with E-state index in [1.165, 1.54) is 36.7 Å². The first kappa shape index (κ1) is 27.0. The lowest BCUT2D eigenvalue weighted by atomic mass is 10.0. The highest BCUT2D eigenvalue weighted by molar-refractivity contribution is 6.35. The van der Waals surface area contributed by atoms with Crippen molar-refractivity contribution in [3.05, 3.63) is 64.9 Å². The molecule has 0 unspecified atom stereocenters. The van der Waals surface area contributed by atoms with E-state index >= 15 is 0 Å². The Kier molecular flexibility index (Phi) is 8.20. The van der Waals surface area contributed by atoms with Crippen molar-refractivity contribution in [3.8, 4) is 22.6 Å². The average Bonchev–Trinajstić information content (AvgIpc) is 3.27. The molecule has 0 saturated carbocycles. The molecule has 0 atom stereocenters. The van der Waals surface area contributed by atoms with E-state index in [4.69, 9.17) is 16.3 Å². The smallest absolute Gasteiger partial charge is 0.490 e. The number of alkyl halides is 3. The number of anilines is 1. The number of carboxylic acid groups (broad SMARTS) is 1. The number of likely N-dealkylation sites (tertiary alicyclic amines) is 1. The number of nitrogens with zero attached hydrogens (tertiary/aromatic N) is 3. The lowest BCUT2D eigenvalue weighted by Gasteiger charge is -2.17. The van der Waals surface area contributed by atoms with Crippen LogP contribution >= 0.6 is 11.6 Å². The van der Waals surface area contributed by atoms with E-state index in [-0.39, 0.29) is 47.1 Å². The summed E-state index contributed by atoms with van der Waals surface area (Å²) in [6.07, 6.45) is -0.573. The van der Waals surface area contributed by atoms with Crippen molar-refractivity contribution < 1.29 is 37.3 Å². The Morgan fingerprint density at radius 2 is 1.92 bits per heavy atom. The molecular formula is C25H22ClF3N4O5. The Morgan fingerprint density at radius 3 is 2.58 bits per heavy atom. The zero-order valence-electron chi connectivity index (χ0n) is 19.8. The number of hydrogen-bond acceptors (Lipinski definition) is 7. The molecule has 200 valence electrons. The van der Waals surface area contributed by atoms with Crippen LogP contribution in [-0.2, 0) is 11.3 Å². The van der Waals surface area contributed by atoms with Gasteiger partial charge in [0.15, 0.2) is 0 Å². The van der Waals surface area contributed by atoms with Crippen molar-refractivity contribution in [2.75, 3.05) is 25.0 Å². The Bertz CT molecular complexity index is 1320. The van der Waals surface area contributed by atoms with Gasteiger partial charge in [0, 0.05) is 37.5 Å². The maximum atomic E-state index is 12.4. The Morgan fingerprint density at radius 1 is 1.16 bits per heavy atom. The molecule has 2 N–H and O–H groups in total. The van der Waals surface area contributed by atoms with E-state index in [9.17, 15) is 27.9 Å². The van der Waals surface area contributed by atoms with Crippen LogP contribution in [0.2, 0.25) is 5.02 Å². The van der Waals surface area contributed by atoms with Gasteiger partial charge in [0.1, 0.15) is 18.1 Å². The van der Waals surface area contributed by atoms with Gasteiger partial charge in [-0.1, -0.05) is 23.7 Å². The molecule has 1 amide bonds. The number of rotatable bonds is 10. The number of aromatic carboxylic acids is 1. The number of amides is 1. The van der Waals surface area contributed by atoms with Crippen LogP contribution < -0.4 is 14.8 Å². The average molecular weight is 551 g/mol. The summed E-state index contributed by atoms with van der Waals surface area (Å²) in [6, 6.07) is 8.44. The highest BCUT2D eigenvalue weighted by Gasteiger charge is 2.31. The van der Waals surface area contributed by atoms with E-state index in [2.05, 4.69) is 20.0 Å². The van der Waals surface area contributed by atoms with Crippen LogP contribution in [0, 0.1) is 0 Å². The molecule has 1 fully saturated rings. The molecule has 0 bridgehead atoms. The van der Waals surface area contributed by atoms with Crippen molar-refractivity contribution in [2.24, 2.45) is 0 Å². The number of hydrogen-bond donors (Lipinski definition) is 2. The molecule has 3 aromatic rings. The molecule has 2 heterocycles. The summed E-state index contributed by atoms with van der Waals surface area (Å²) >= 11 is 6.26. The van der Waals surface area contributed by atoms with Crippen LogP contribution in [0.15, 0.2) is 48.8 Å². The summed E-state index contributed by atoms with van der Waals surface area (Å²) in [6.45, 7) is 1.29. The zero-order valence-corrected chi connectivity index (χ0v) is 20.6. The number of halogens is 4. The first-order valence-electron chi connectivity index (χ1n) is 11.5. The van der Waals surface area contributed by atoms with E-state index in [1.54, 1.807) is 17.0 Å². The van der Waals surface area contributed by atoms with Gasteiger partial charge in [0.25, 0.3) is 0 Å². The first-order valence-corrected chi connectivity index (χ1v) is 11.9. The summed E-state index contributed by atoms with van der Waals surface area (Å²) in [5.41, 5.74) is 1.28. The number of carbonyl (C=O) groups excluding carboxylic acids is 1. The number of nitrogens with one attached hydrogen (secondary N) is 1. The summed E-state index contributed by atoms with van der Waals surface area (Å²) in [4.78, 5) is 33.6. The zero-order chi connectivity index (χ0) is 27.3. The molecular weight excluding hydrogens is 529 g/mol. The maximum absolute atomic E-state index is 12.4. The van der Waals surface area contributed by atoms with Gasteiger partial charge in [0.2, 0.25) is 11.9 Å². The van der Waals surface area contributed by atoms with Crippen LogP contribution in [-0.4, -0.2) is 57.9 Å². The predicted octanol–water partition coefficient (Wildman–Crippen LogP) is 5.01. The lowest BCUT2D eigenvalue weighted by Crippen LogP contribution is -2.29. The van der Waals surface area contributed by atoms with Gasteiger partial charge in [-0.15, -0.1) is 13.2 Å². The molecule has 1 saturated heterocycles. The van der Waals surface area contributed by atoms with Crippen molar-refractivity contribution in [1.82, 2.24) is 14.9 Å². The van der Waals surface area contributed by atoms with Gasteiger partial charge in [-0.3, -0.25) is 4.79 Å². The molecule has 38 heavy (non-hydrogen) atoms. The third kappa shape index (κ3) is 7.03. The summed E-state index contributed by atoms with van der Waals surface area (Å²) in [5.74, 6) is -1.18. The third-order valence-corrected chi connectivity index (χ3v) is 6.02. The largest absolute Gasteiger partial charge is 0.573 e. The van der Waals surface area contributed by atoms with Gasteiger partial charge in [-0.2, -0.15) is 0 Å². The van der Waals surface area contributed by atoms with Crippen molar-refractivity contribution in [2.45, 2.75) is 25.7 Å². The monoisotopic (exact) mass is 550 g/mol. The van der Waals surface area contributed by atoms with Crippen LogP contribution in [0.5, 0.6) is 11.5 Å². The molecule has 0 aliphatic carbocycles.